The molecule has 0 saturated carbocycles. The Morgan fingerprint density at radius 1 is 1.10 bits per heavy atom. The van der Waals surface area contributed by atoms with Crippen LogP contribution in [0.3, 0.4) is 0 Å². The van der Waals surface area contributed by atoms with Crippen LogP contribution in [0.15, 0.2) is 21.8 Å². The van der Waals surface area contributed by atoms with E-state index in [1.165, 1.54) is 29.7 Å². The minimum atomic E-state index is -0.0690. The molecule has 1 saturated heterocycles. The molecule has 0 unspecified atom stereocenters. The fraction of sp³-hybridized carbons (Fsp3) is 0.500. The number of likely N-dealkylation sites (tertiary alicyclic amines) is 1. The van der Waals surface area contributed by atoms with Crippen molar-refractivity contribution >= 4 is 45.2 Å². The SMILES string of the molecule is O=C(CN1C(=O)CN=C(c2ccsc2)c2c1sc1c2CCCC1)N1CCCCC1. The first kappa shape index (κ1) is 19.0. The Bertz CT molecular complexity index is 955. The van der Waals surface area contributed by atoms with Crippen LogP contribution in [-0.2, 0) is 22.4 Å². The molecule has 5 rings (SSSR count). The van der Waals surface area contributed by atoms with Crippen molar-refractivity contribution in [1.82, 2.24) is 4.90 Å². The van der Waals surface area contributed by atoms with Crippen molar-refractivity contribution in [3.8, 4) is 0 Å². The molecule has 3 aliphatic rings. The minimum absolute atomic E-state index is 0.0642. The molecule has 152 valence electrons. The predicted octanol–water partition coefficient (Wildman–Crippen LogP) is 3.88. The summed E-state index contributed by atoms with van der Waals surface area (Å²) in [5, 5.41) is 5.10. The van der Waals surface area contributed by atoms with Gasteiger partial charge in [-0.1, -0.05) is 0 Å². The van der Waals surface area contributed by atoms with E-state index in [-0.39, 0.29) is 24.9 Å². The standard InChI is InChI=1S/C22H25N3O2S2/c26-18-12-23-21(15-8-11-28-14-15)20-16-6-2-3-7-17(16)29-22(20)25(18)13-19(27)24-9-4-1-5-10-24/h8,11,14H,1-7,9-10,12-13H2. The summed E-state index contributed by atoms with van der Waals surface area (Å²) in [7, 11) is 0. The monoisotopic (exact) mass is 427 g/mol. The molecule has 0 aromatic carbocycles. The van der Waals surface area contributed by atoms with E-state index in [2.05, 4.69) is 16.8 Å². The highest BCUT2D eigenvalue weighted by Gasteiger charge is 2.34. The van der Waals surface area contributed by atoms with Gasteiger partial charge in [0.25, 0.3) is 0 Å². The number of nitrogens with zero attached hydrogens (tertiary/aromatic N) is 3. The zero-order chi connectivity index (χ0) is 19.8. The maximum Gasteiger partial charge on any atom is 0.249 e. The van der Waals surface area contributed by atoms with Crippen LogP contribution in [0.25, 0.3) is 0 Å². The number of hydrogen-bond acceptors (Lipinski definition) is 5. The molecule has 29 heavy (non-hydrogen) atoms. The van der Waals surface area contributed by atoms with Crippen LogP contribution in [-0.4, -0.2) is 48.6 Å². The van der Waals surface area contributed by atoms with Crippen molar-refractivity contribution in [3.05, 3.63) is 38.4 Å². The van der Waals surface area contributed by atoms with Gasteiger partial charge in [-0.15, -0.1) is 11.3 Å². The molecular formula is C22H25N3O2S2. The van der Waals surface area contributed by atoms with Gasteiger partial charge in [-0.25, -0.2) is 0 Å². The second-order valence-electron chi connectivity index (χ2n) is 7.99. The highest BCUT2D eigenvalue weighted by molar-refractivity contribution is 7.17. The third kappa shape index (κ3) is 3.55. The molecule has 5 nitrogen and oxygen atoms in total. The topological polar surface area (TPSA) is 53.0 Å². The van der Waals surface area contributed by atoms with Crippen LogP contribution in [0.5, 0.6) is 0 Å². The van der Waals surface area contributed by atoms with Gasteiger partial charge in [0.2, 0.25) is 11.8 Å². The molecule has 1 fully saturated rings. The molecule has 4 heterocycles. The predicted molar refractivity (Wildman–Crippen MR) is 119 cm³/mol. The Morgan fingerprint density at radius 3 is 2.72 bits per heavy atom. The van der Waals surface area contributed by atoms with Crippen LogP contribution in [0.1, 0.15) is 53.7 Å². The Labute approximate surface area is 179 Å². The third-order valence-corrected chi connectivity index (χ3v) is 8.10. The Hall–Kier alpha value is -1.99. The van der Waals surface area contributed by atoms with Gasteiger partial charge in [0.05, 0.1) is 5.71 Å². The lowest BCUT2D eigenvalue weighted by Crippen LogP contribution is -2.45. The van der Waals surface area contributed by atoms with E-state index in [1.54, 1.807) is 27.6 Å². The van der Waals surface area contributed by atoms with Crippen LogP contribution in [0, 0.1) is 0 Å². The number of fused-ring (bicyclic) bond motifs is 3. The highest BCUT2D eigenvalue weighted by atomic mass is 32.1. The van der Waals surface area contributed by atoms with E-state index in [4.69, 9.17) is 4.99 Å². The first-order valence-electron chi connectivity index (χ1n) is 10.5. The summed E-state index contributed by atoms with van der Waals surface area (Å²) in [5.74, 6) is -0.00482. The van der Waals surface area contributed by atoms with E-state index in [0.29, 0.717) is 0 Å². The van der Waals surface area contributed by atoms with Gasteiger partial charge >= 0.3 is 0 Å². The van der Waals surface area contributed by atoms with Gasteiger partial charge < -0.3 is 4.90 Å². The third-order valence-electron chi connectivity index (χ3n) is 6.10. The molecule has 0 bridgehead atoms. The summed E-state index contributed by atoms with van der Waals surface area (Å²) in [5.41, 5.74) is 4.48. The fourth-order valence-electron chi connectivity index (χ4n) is 4.58. The molecule has 0 radical (unpaired) electrons. The van der Waals surface area contributed by atoms with E-state index in [0.717, 1.165) is 60.6 Å². The van der Waals surface area contributed by atoms with Crippen LogP contribution in [0.4, 0.5) is 5.00 Å². The number of anilines is 1. The summed E-state index contributed by atoms with van der Waals surface area (Å²) >= 11 is 3.36. The Kier molecular flexibility index (Phi) is 5.26. The van der Waals surface area contributed by atoms with Gasteiger partial charge in [0.1, 0.15) is 18.1 Å². The van der Waals surface area contributed by atoms with E-state index < -0.39 is 0 Å². The number of thiophene rings is 2. The van der Waals surface area contributed by atoms with Gasteiger partial charge in [0.15, 0.2) is 0 Å². The molecule has 0 spiro atoms. The zero-order valence-electron chi connectivity index (χ0n) is 16.5. The number of amides is 2. The number of rotatable bonds is 3. The lowest BCUT2D eigenvalue weighted by atomic mass is 9.92. The first-order valence-corrected chi connectivity index (χ1v) is 12.3. The maximum absolute atomic E-state index is 13.1. The first-order chi connectivity index (χ1) is 14.2. The summed E-state index contributed by atoms with van der Waals surface area (Å²) in [6.07, 6.45) is 7.77. The van der Waals surface area contributed by atoms with Gasteiger partial charge in [-0.05, 0) is 62.0 Å². The molecule has 7 heteroatoms. The second-order valence-corrected chi connectivity index (χ2v) is 9.85. The van der Waals surface area contributed by atoms with Crippen LogP contribution in [0.2, 0.25) is 0 Å². The number of aliphatic imine (C=N–C) groups is 1. The van der Waals surface area contributed by atoms with Gasteiger partial charge in [-0.3, -0.25) is 19.5 Å². The van der Waals surface area contributed by atoms with Gasteiger partial charge in [-0.2, -0.15) is 11.3 Å². The van der Waals surface area contributed by atoms with Crippen molar-refractivity contribution in [2.24, 2.45) is 4.99 Å². The molecule has 2 amide bonds. The molecular weight excluding hydrogens is 402 g/mol. The molecule has 2 aliphatic heterocycles. The Morgan fingerprint density at radius 2 is 1.93 bits per heavy atom. The van der Waals surface area contributed by atoms with Crippen molar-refractivity contribution in [2.45, 2.75) is 44.9 Å². The molecule has 0 atom stereocenters. The number of aryl methyl sites for hydroxylation is 1. The molecule has 0 N–H and O–H groups in total. The van der Waals surface area contributed by atoms with Crippen molar-refractivity contribution in [1.29, 1.82) is 0 Å². The normalized spacial score (nSPS) is 19.4. The average molecular weight is 428 g/mol. The molecule has 2 aromatic heterocycles. The summed E-state index contributed by atoms with van der Waals surface area (Å²) < 4.78 is 0. The van der Waals surface area contributed by atoms with Crippen LogP contribution < -0.4 is 4.90 Å². The summed E-state index contributed by atoms with van der Waals surface area (Å²) in [6, 6.07) is 2.08. The number of piperidine rings is 1. The molecule has 2 aromatic rings. The Balaban J connectivity index is 1.55. The van der Waals surface area contributed by atoms with Crippen molar-refractivity contribution in [3.63, 3.8) is 0 Å². The van der Waals surface area contributed by atoms with E-state index >= 15 is 0 Å². The highest BCUT2D eigenvalue weighted by Crippen LogP contribution is 2.42. The fourth-order valence-corrected chi connectivity index (χ4v) is 6.63. The maximum atomic E-state index is 13.1. The lowest BCUT2D eigenvalue weighted by Gasteiger charge is -2.29. The number of carbonyl (C=O) groups is 2. The zero-order valence-corrected chi connectivity index (χ0v) is 18.1. The van der Waals surface area contributed by atoms with E-state index in [1.807, 2.05) is 4.90 Å². The summed E-state index contributed by atoms with van der Waals surface area (Å²) in [6.45, 7) is 1.86. The lowest BCUT2D eigenvalue weighted by molar-refractivity contribution is -0.132. The largest absolute Gasteiger partial charge is 0.341 e. The van der Waals surface area contributed by atoms with Crippen molar-refractivity contribution in [2.75, 3.05) is 31.1 Å². The van der Waals surface area contributed by atoms with E-state index in [9.17, 15) is 9.59 Å². The van der Waals surface area contributed by atoms with Crippen molar-refractivity contribution < 1.29 is 9.59 Å². The second kappa shape index (κ2) is 8.03. The number of carbonyl (C=O) groups excluding carboxylic acids is 2. The summed E-state index contributed by atoms with van der Waals surface area (Å²) in [4.78, 5) is 35.9. The van der Waals surface area contributed by atoms with Gasteiger partial charge in [0, 0.05) is 34.5 Å². The quantitative estimate of drug-likeness (QED) is 0.746. The van der Waals surface area contributed by atoms with Crippen LogP contribution >= 0.6 is 22.7 Å². The minimum Gasteiger partial charge on any atom is -0.341 e. The average Bonchev–Trinajstić information content (AvgIpc) is 3.39. The molecule has 1 aliphatic carbocycles. The number of hydrogen-bond donors (Lipinski definition) is 0. The smallest absolute Gasteiger partial charge is 0.249 e.